The number of phenols is 1. The summed E-state index contributed by atoms with van der Waals surface area (Å²) in [5, 5.41) is 16.5. The fraction of sp³-hybridized carbons (Fsp3) is 0.611. The number of aliphatic imine (C=N–C) groups is 1. The lowest BCUT2D eigenvalue weighted by Gasteiger charge is -2.26. The number of methoxy groups -OCH3 is 1. The van der Waals surface area contributed by atoms with Gasteiger partial charge in [-0.1, -0.05) is 0 Å². The highest BCUT2D eigenvalue weighted by atomic mass is 127. The normalized spacial score (nSPS) is 15.2. The first-order chi connectivity index (χ1) is 12.2. The van der Waals surface area contributed by atoms with E-state index in [2.05, 4.69) is 20.5 Å². The molecule has 0 radical (unpaired) electrons. The number of hydrogen-bond donors (Lipinski definition) is 3. The molecule has 1 fully saturated rings. The Morgan fingerprint density at radius 3 is 2.77 bits per heavy atom. The van der Waals surface area contributed by atoms with Crippen LogP contribution in [0, 0.1) is 0 Å². The molecule has 26 heavy (non-hydrogen) atoms. The van der Waals surface area contributed by atoms with Crippen LogP contribution in [0.25, 0.3) is 0 Å². The van der Waals surface area contributed by atoms with E-state index in [0.717, 1.165) is 63.9 Å². The molecule has 1 aromatic carbocycles. The molecule has 0 aliphatic carbocycles. The Bertz CT molecular complexity index is 551. The van der Waals surface area contributed by atoms with Crippen LogP contribution in [0.15, 0.2) is 23.2 Å². The highest BCUT2D eigenvalue weighted by molar-refractivity contribution is 14.0. The fourth-order valence-corrected chi connectivity index (χ4v) is 2.66. The minimum absolute atomic E-state index is 0. The third kappa shape index (κ3) is 7.96. The lowest BCUT2D eigenvalue weighted by Crippen LogP contribution is -2.40. The molecule has 1 aromatic rings. The molecular formula is C18H31IN4O3. The molecule has 2 rings (SSSR count). The number of ether oxygens (including phenoxy) is 2. The molecule has 1 heterocycles. The predicted octanol–water partition coefficient (Wildman–Crippen LogP) is 1.80. The van der Waals surface area contributed by atoms with E-state index in [-0.39, 0.29) is 29.7 Å². The van der Waals surface area contributed by atoms with Crippen molar-refractivity contribution in [2.24, 2.45) is 4.99 Å². The van der Waals surface area contributed by atoms with Gasteiger partial charge in [0.2, 0.25) is 0 Å². The SMILES string of the molecule is CCNC(=NCc1cc(OC)ccc1O)NCCCN1CCOCC1.I. The standard InChI is InChI=1S/C18H30N4O3.HI/c1-3-19-18(20-7-4-8-22-9-11-25-12-10-22)21-14-15-13-16(24-2)5-6-17(15)23;/h5-6,13,23H,3-4,7-12,14H2,1-2H3,(H2,19,20,21);1H. The van der Waals surface area contributed by atoms with Crippen molar-refractivity contribution < 1.29 is 14.6 Å². The summed E-state index contributed by atoms with van der Waals surface area (Å²) in [5.74, 6) is 1.70. The van der Waals surface area contributed by atoms with E-state index < -0.39 is 0 Å². The molecule has 1 aliphatic rings. The largest absolute Gasteiger partial charge is 0.508 e. The molecule has 0 atom stereocenters. The first-order valence-corrected chi connectivity index (χ1v) is 8.91. The van der Waals surface area contributed by atoms with Crippen molar-refractivity contribution in [1.29, 1.82) is 0 Å². The van der Waals surface area contributed by atoms with Gasteiger partial charge in [0.1, 0.15) is 11.5 Å². The Labute approximate surface area is 173 Å². The summed E-state index contributed by atoms with van der Waals surface area (Å²) < 4.78 is 10.6. The van der Waals surface area contributed by atoms with Crippen LogP contribution in [-0.2, 0) is 11.3 Å². The van der Waals surface area contributed by atoms with Crippen LogP contribution < -0.4 is 15.4 Å². The van der Waals surface area contributed by atoms with Crippen molar-refractivity contribution >= 4 is 29.9 Å². The molecule has 8 heteroatoms. The lowest BCUT2D eigenvalue weighted by atomic mass is 10.2. The summed E-state index contributed by atoms with van der Waals surface area (Å²) in [6.45, 7) is 8.84. The zero-order chi connectivity index (χ0) is 17.9. The predicted molar refractivity (Wildman–Crippen MR) is 115 cm³/mol. The molecule has 0 amide bonds. The van der Waals surface area contributed by atoms with Gasteiger partial charge < -0.3 is 25.2 Å². The number of morpholine rings is 1. The van der Waals surface area contributed by atoms with Crippen LogP contribution in [0.4, 0.5) is 0 Å². The Kier molecular flexibility index (Phi) is 11.4. The van der Waals surface area contributed by atoms with E-state index >= 15 is 0 Å². The molecule has 0 aromatic heterocycles. The van der Waals surface area contributed by atoms with Gasteiger partial charge in [-0.2, -0.15) is 0 Å². The van der Waals surface area contributed by atoms with Gasteiger partial charge in [0, 0.05) is 31.7 Å². The topological polar surface area (TPSA) is 78.4 Å². The van der Waals surface area contributed by atoms with Gasteiger partial charge in [-0.25, -0.2) is 4.99 Å². The Morgan fingerprint density at radius 2 is 2.08 bits per heavy atom. The Hall–Kier alpha value is -1.26. The second kappa shape index (κ2) is 13.0. The third-order valence-electron chi connectivity index (χ3n) is 4.09. The van der Waals surface area contributed by atoms with Gasteiger partial charge >= 0.3 is 0 Å². The Morgan fingerprint density at radius 1 is 1.31 bits per heavy atom. The first-order valence-electron chi connectivity index (χ1n) is 8.91. The molecule has 7 nitrogen and oxygen atoms in total. The summed E-state index contributed by atoms with van der Waals surface area (Å²) in [5.41, 5.74) is 0.741. The molecule has 1 saturated heterocycles. The van der Waals surface area contributed by atoms with Gasteiger partial charge in [-0.3, -0.25) is 4.90 Å². The minimum atomic E-state index is 0. The maximum Gasteiger partial charge on any atom is 0.191 e. The van der Waals surface area contributed by atoms with E-state index in [9.17, 15) is 5.11 Å². The average Bonchev–Trinajstić information content (AvgIpc) is 2.65. The van der Waals surface area contributed by atoms with E-state index in [1.165, 1.54) is 0 Å². The van der Waals surface area contributed by atoms with Gasteiger partial charge in [0.05, 0.1) is 26.9 Å². The molecule has 3 N–H and O–H groups in total. The first kappa shape index (κ1) is 22.8. The number of nitrogens with one attached hydrogen (secondary N) is 2. The van der Waals surface area contributed by atoms with Crippen LogP contribution in [0.1, 0.15) is 18.9 Å². The molecule has 1 aliphatic heterocycles. The van der Waals surface area contributed by atoms with Crippen LogP contribution in [0.5, 0.6) is 11.5 Å². The minimum Gasteiger partial charge on any atom is -0.508 e. The second-order valence-electron chi connectivity index (χ2n) is 5.92. The quantitative estimate of drug-likeness (QED) is 0.229. The number of phenolic OH excluding ortho intramolecular Hbond substituents is 1. The summed E-state index contributed by atoms with van der Waals surface area (Å²) in [6.07, 6.45) is 1.05. The van der Waals surface area contributed by atoms with Crippen molar-refractivity contribution in [2.45, 2.75) is 19.9 Å². The van der Waals surface area contributed by atoms with Crippen LogP contribution in [0.3, 0.4) is 0 Å². The van der Waals surface area contributed by atoms with Crippen molar-refractivity contribution in [3.63, 3.8) is 0 Å². The van der Waals surface area contributed by atoms with Gasteiger partial charge in [0.25, 0.3) is 0 Å². The zero-order valence-electron chi connectivity index (χ0n) is 15.7. The monoisotopic (exact) mass is 478 g/mol. The molecule has 0 saturated carbocycles. The lowest BCUT2D eigenvalue weighted by molar-refractivity contribution is 0.0376. The van der Waals surface area contributed by atoms with E-state index in [4.69, 9.17) is 9.47 Å². The summed E-state index contributed by atoms with van der Waals surface area (Å²) in [7, 11) is 1.61. The van der Waals surface area contributed by atoms with Crippen molar-refractivity contribution in [3.05, 3.63) is 23.8 Å². The highest BCUT2D eigenvalue weighted by Gasteiger charge is 2.09. The maximum absolute atomic E-state index is 9.95. The number of hydrogen-bond acceptors (Lipinski definition) is 5. The van der Waals surface area contributed by atoms with Crippen LogP contribution in [-0.4, -0.2) is 69.0 Å². The van der Waals surface area contributed by atoms with Crippen molar-refractivity contribution in [3.8, 4) is 11.5 Å². The average molecular weight is 478 g/mol. The number of aromatic hydroxyl groups is 1. The van der Waals surface area contributed by atoms with Gasteiger partial charge in [0.15, 0.2) is 5.96 Å². The zero-order valence-corrected chi connectivity index (χ0v) is 18.0. The number of nitrogens with zero attached hydrogens (tertiary/aromatic N) is 2. The molecule has 0 bridgehead atoms. The van der Waals surface area contributed by atoms with Crippen LogP contribution >= 0.6 is 24.0 Å². The molecule has 148 valence electrons. The van der Waals surface area contributed by atoms with E-state index in [1.54, 1.807) is 25.3 Å². The van der Waals surface area contributed by atoms with Crippen molar-refractivity contribution in [1.82, 2.24) is 15.5 Å². The molecule has 0 spiro atoms. The van der Waals surface area contributed by atoms with Gasteiger partial charge in [-0.15, -0.1) is 24.0 Å². The Balaban J connectivity index is 0.00000338. The maximum atomic E-state index is 9.95. The fourth-order valence-electron chi connectivity index (χ4n) is 2.66. The summed E-state index contributed by atoms with van der Waals surface area (Å²) in [6, 6.07) is 5.17. The highest BCUT2D eigenvalue weighted by Crippen LogP contribution is 2.23. The van der Waals surface area contributed by atoms with Crippen LogP contribution in [0.2, 0.25) is 0 Å². The van der Waals surface area contributed by atoms with E-state index in [0.29, 0.717) is 12.3 Å². The summed E-state index contributed by atoms with van der Waals surface area (Å²) in [4.78, 5) is 6.97. The summed E-state index contributed by atoms with van der Waals surface area (Å²) >= 11 is 0. The third-order valence-corrected chi connectivity index (χ3v) is 4.09. The van der Waals surface area contributed by atoms with E-state index in [1.807, 2.05) is 6.92 Å². The molecular weight excluding hydrogens is 447 g/mol. The van der Waals surface area contributed by atoms with Gasteiger partial charge in [-0.05, 0) is 38.1 Å². The smallest absolute Gasteiger partial charge is 0.191 e. The number of rotatable bonds is 8. The second-order valence-corrected chi connectivity index (χ2v) is 5.92. The number of benzene rings is 1. The number of halogens is 1. The number of guanidine groups is 1. The molecule has 0 unspecified atom stereocenters. The van der Waals surface area contributed by atoms with Crippen molar-refractivity contribution in [2.75, 3.05) is 53.0 Å².